The molecule has 2 rings (SSSR count). The molecule has 108 valence electrons. The van der Waals surface area contributed by atoms with E-state index in [2.05, 4.69) is 0 Å². The van der Waals surface area contributed by atoms with Crippen molar-refractivity contribution in [3.63, 3.8) is 0 Å². The van der Waals surface area contributed by atoms with Gasteiger partial charge in [0.1, 0.15) is 12.4 Å². The van der Waals surface area contributed by atoms with Gasteiger partial charge < -0.3 is 10.0 Å². The van der Waals surface area contributed by atoms with Gasteiger partial charge in [0.05, 0.1) is 0 Å². The maximum Gasteiger partial charge on any atom is 0.323 e. The predicted octanol–water partition coefficient (Wildman–Crippen LogP) is 2.43. The summed E-state index contributed by atoms with van der Waals surface area (Å²) in [6.45, 7) is -0.114. The summed E-state index contributed by atoms with van der Waals surface area (Å²) in [7, 11) is 0. The smallest absolute Gasteiger partial charge is 0.323 e. The van der Waals surface area contributed by atoms with Crippen LogP contribution < -0.4 is 0 Å². The largest absolute Gasteiger partial charge is 0.480 e. The molecule has 4 nitrogen and oxygen atoms in total. The van der Waals surface area contributed by atoms with E-state index in [1.807, 2.05) is 0 Å². The van der Waals surface area contributed by atoms with Gasteiger partial charge in [-0.05, 0) is 30.0 Å². The summed E-state index contributed by atoms with van der Waals surface area (Å²) < 4.78 is 12.8. The first-order valence-electron chi connectivity index (χ1n) is 6.78. The summed E-state index contributed by atoms with van der Waals surface area (Å²) in [6, 6.07) is 5.75. The molecule has 1 aromatic rings. The minimum atomic E-state index is -1.04. The average molecular weight is 279 g/mol. The maximum absolute atomic E-state index is 12.8. The highest BCUT2D eigenvalue weighted by atomic mass is 19.1. The van der Waals surface area contributed by atoms with Crippen molar-refractivity contribution in [3.8, 4) is 0 Å². The number of carboxylic acids is 1. The number of benzene rings is 1. The third-order valence-electron chi connectivity index (χ3n) is 3.43. The van der Waals surface area contributed by atoms with Gasteiger partial charge in [-0.25, -0.2) is 4.39 Å². The Hall–Kier alpha value is -1.91. The summed E-state index contributed by atoms with van der Waals surface area (Å²) in [5.41, 5.74) is 0.729. The zero-order valence-electron chi connectivity index (χ0n) is 11.2. The van der Waals surface area contributed by atoms with Crippen molar-refractivity contribution in [3.05, 3.63) is 35.6 Å². The van der Waals surface area contributed by atoms with E-state index < -0.39 is 5.97 Å². The fourth-order valence-corrected chi connectivity index (χ4v) is 2.10. The van der Waals surface area contributed by atoms with Crippen molar-refractivity contribution in [2.45, 2.75) is 32.2 Å². The molecular weight excluding hydrogens is 261 g/mol. The molecule has 0 bridgehead atoms. The Bertz CT molecular complexity index is 482. The molecule has 20 heavy (non-hydrogen) atoms. The van der Waals surface area contributed by atoms with Crippen molar-refractivity contribution in [1.29, 1.82) is 0 Å². The van der Waals surface area contributed by atoms with Crippen molar-refractivity contribution < 1.29 is 19.1 Å². The van der Waals surface area contributed by atoms with Crippen LogP contribution in [0.2, 0.25) is 0 Å². The van der Waals surface area contributed by atoms with Gasteiger partial charge in [0.15, 0.2) is 0 Å². The topological polar surface area (TPSA) is 57.6 Å². The molecule has 1 N–H and O–H groups in total. The van der Waals surface area contributed by atoms with Crippen LogP contribution in [0.25, 0.3) is 0 Å². The number of hydrogen-bond acceptors (Lipinski definition) is 2. The monoisotopic (exact) mass is 279 g/mol. The fourth-order valence-electron chi connectivity index (χ4n) is 2.10. The van der Waals surface area contributed by atoms with Gasteiger partial charge in [-0.3, -0.25) is 9.59 Å². The molecule has 0 spiro atoms. The standard InChI is InChI=1S/C15H18FNO3/c16-13-6-3-12(4-7-13)9-17(10-15(19)20)14(18)8-5-11-1-2-11/h3-4,6-7,11H,1-2,5,8-10H2,(H,19,20). The SMILES string of the molecule is O=C(O)CN(Cc1ccc(F)cc1)C(=O)CCC1CC1. The molecular formula is C15H18FNO3. The summed E-state index contributed by atoms with van der Waals surface area (Å²) in [5, 5.41) is 8.89. The third-order valence-corrected chi connectivity index (χ3v) is 3.43. The van der Waals surface area contributed by atoms with Gasteiger partial charge in [-0.15, -0.1) is 0 Å². The molecule has 0 unspecified atom stereocenters. The lowest BCUT2D eigenvalue weighted by Gasteiger charge is -2.21. The highest BCUT2D eigenvalue weighted by molar-refractivity contribution is 5.81. The molecule has 1 fully saturated rings. The van der Waals surface area contributed by atoms with E-state index in [9.17, 15) is 14.0 Å². The van der Waals surface area contributed by atoms with E-state index in [-0.39, 0.29) is 24.8 Å². The molecule has 1 saturated carbocycles. The van der Waals surface area contributed by atoms with Gasteiger partial charge >= 0.3 is 5.97 Å². The molecule has 1 amide bonds. The number of aliphatic carboxylic acids is 1. The third kappa shape index (κ3) is 4.64. The predicted molar refractivity (Wildman–Crippen MR) is 71.4 cm³/mol. The number of nitrogens with zero attached hydrogens (tertiary/aromatic N) is 1. The Labute approximate surface area is 117 Å². The quantitative estimate of drug-likeness (QED) is 0.834. The second kappa shape index (κ2) is 6.50. The average Bonchev–Trinajstić information content (AvgIpc) is 3.21. The Morgan fingerprint density at radius 2 is 1.90 bits per heavy atom. The first-order valence-corrected chi connectivity index (χ1v) is 6.78. The molecule has 1 aliphatic carbocycles. The van der Waals surface area contributed by atoms with Crippen molar-refractivity contribution >= 4 is 11.9 Å². The lowest BCUT2D eigenvalue weighted by molar-refractivity contribution is -0.145. The summed E-state index contributed by atoms with van der Waals surface area (Å²) in [6.07, 6.45) is 3.56. The number of carboxylic acid groups (broad SMARTS) is 1. The van der Waals surface area contributed by atoms with E-state index in [0.717, 1.165) is 12.0 Å². The van der Waals surface area contributed by atoms with Crippen LogP contribution in [0.3, 0.4) is 0 Å². The van der Waals surface area contributed by atoms with Crippen LogP contribution in [-0.4, -0.2) is 28.4 Å². The number of halogens is 1. The minimum absolute atomic E-state index is 0.149. The van der Waals surface area contributed by atoms with E-state index in [1.54, 1.807) is 12.1 Å². The van der Waals surface area contributed by atoms with Gasteiger partial charge in [-0.1, -0.05) is 25.0 Å². The van der Waals surface area contributed by atoms with Crippen molar-refractivity contribution in [1.82, 2.24) is 4.90 Å². The normalized spacial score (nSPS) is 14.1. The van der Waals surface area contributed by atoms with Crippen LogP contribution in [0.1, 0.15) is 31.2 Å². The van der Waals surface area contributed by atoms with Gasteiger partial charge in [0, 0.05) is 13.0 Å². The molecule has 5 heteroatoms. The first-order chi connectivity index (χ1) is 9.54. The zero-order chi connectivity index (χ0) is 14.5. The van der Waals surface area contributed by atoms with E-state index in [0.29, 0.717) is 12.3 Å². The van der Waals surface area contributed by atoms with Crippen LogP contribution in [0, 0.1) is 11.7 Å². The van der Waals surface area contributed by atoms with E-state index in [1.165, 1.54) is 29.9 Å². The molecule has 0 heterocycles. The lowest BCUT2D eigenvalue weighted by Crippen LogP contribution is -2.35. The summed E-state index contributed by atoms with van der Waals surface area (Å²) in [4.78, 5) is 24.2. The van der Waals surface area contributed by atoms with Crippen LogP contribution in [0.5, 0.6) is 0 Å². The van der Waals surface area contributed by atoms with E-state index in [4.69, 9.17) is 5.11 Å². The lowest BCUT2D eigenvalue weighted by atomic mass is 10.1. The highest BCUT2D eigenvalue weighted by Crippen LogP contribution is 2.33. The van der Waals surface area contributed by atoms with E-state index >= 15 is 0 Å². The Balaban J connectivity index is 1.95. The van der Waals surface area contributed by atoms with Crippen LogP contribution in [-0.2, 0) is 16.1 Å². The van der Waals surface area contributed by atoms with Gasteiger partial charge in [0.2, 0.25) is 5.91 Å². The zero-order valence-corrected chi connectivity index (χ0v) is 11.2. The number of rotatable bonds is 7. The molecule has 0 aromatic heterocycles. The Morgan fingerprint density at radius 3 is 2.45 bits per heavy atom. The van der Waals surface area contributed by atoms with Crippen LogP contribution in [0.15, 0.2) is 24.3 Å². The first kappa shape index (κ1) is 14.5. The number of amides is 1. The van der Waals surface area contributed by atoms with Crippen molar-refractivity contribution in [2.24, 2.45) is 5.92 Å². The summed E-state index contributed by atoms with van der Waals surface area (Å²) >= 11 is 0. The van der Waals surface area contributed by atoms with Crippen molar-refractivity contribution in [2.75, 3.05) is 6.54 Å². The number of carbonyl (C=O) groups is 2. The molecule has 1 aromatic carbocycles. The molecule has 1 aliphatic rings. The number of hydrogen-bond donors (Lipinski definition) is 1. The highest BCUT2D eigenvalue weighted by Gasteiger charge is 2.24. The Morgan fingerprint density at radius 1 is 1.25 bits per heavy atom. The molecule has 0 atom stereocenters. The fraction of sp³-hybridized carbons (Fsp3) is 0.467. The van der Waals surface area contributed by atoms with Gasteiger partial charge in [-0.2, -0.15) is 0 Å². The minimum Gasteiger partial charge on any atom is -0.480 e. The van der Waals surface area contributed by atoms with Gasteiger partial charge in [0.25, 0.3) is 0 Å². The van der Waals surface area contributed by atoms with Crippen LogP contribution in [0.4, 0.5) is 4.39 Å². The Kier molecular flexibility index (Phi) is 4.71. The maximum atomic E-state index is 12.8. The second-order valence-electron chi connectivity index (χ2n) is 5.25. The summed E-state index contributed by atoms with van der Waals surface area (Å²) in [5.74, 6) is -0.898. The molecule has 0 radical (unpaired) electrons. The molecule has 0 saturated heterocycles. The van der Waals surface area contributed by atoms with Crippen LogP contribution >= 0.6 is 0 Å². The number of carbonyl (C=O) groups excluding carboxylic acids is 1. The second-order valence-corrected chi connectivity index (χ2v) is 5.25. The molecule has 0 aliphatic heterocycles.